The number of benzene rings is 1. The summed E-state index contributed by atoms with van der Waals surface area (Å²) < 4.78 is 18.3. The van der Waals surface area contributed by atoms with Gasteiger partial charge in [0.05, 0.1) is 12.7 Å². The highest BCUT2D eigenvalue weighted by Gasteiger charge is 1.97. The summed E-state index contributed by atoms with van der Waals surface area (Å²) >= 11 is 0. The molecule has 0 heterocycles. The van der Waals surface area contributed by atoms with Gasteiger partial charge in [-0.3, -0.25) is 0 Å². The normalized spacial score (nSPS) is 12.5. The first-order valence-electron chi connectivity index (χ1n) is 5.33. The second kappa shape index (κ2) is 6.40. The van der Waals surface area contributed by atoms with Gasteiger partial charge >= 0.3 is 0 Å². The fourth-order valence-corrected chi connectivity index (χ4v) is 1.17. The molecule has 1 aromatic carbocycles. The van der Waals surface area contributed by atoms with Gasteiger partial charge in [-0.1, -0.05) is 13.0 Å². The molecule has 0 saturated heterocycles. The summed E-state index contributed by atoms with van der Waals surface area (Å²) in [6.45, 7) is 5.48. The van der Waals surface area contributed by atoms with Crippen molar-refractivity contribution in [3.63, 3.8) is 0 Å². The number of anilines is 1. The van der Waals surface area contributed by atoms with Gasteiger partial charge < -0.3 is 10.1 Å². The van der Waals surface area contributed by atoms with Gasteiger partial charge in [-0.15, -0.1) is 0 Å². The van der Waals surface area contributed by atoms with E-state index in [4.69, 9.17) is 4.74 Å². The van der Waals surface area contributed by atoms with Crippen LogP contribution < -0.4 is 5.32 Å². The van der Waals surface area contributed by atoms with Crippen LogP contribution >= 0.6 is 0 Å². The molecular formula is C12H18FNO. The zero-order valence-corrected chi connectivity index (χ0v) is 9.29. The predicted octanol–water partition coefficient (Wildman–Crippen LogP) is 3.05. The summed E-state index contributed by atoms with van der Waals surface area (Å²) in [6.07, 6.45) is 1.30. The van der Waals surface area contributed by atoms with Crippen molar-refractivity contribution >= 4 is 5.69 Å². The van der Waals surface area contributed by atoms with E-state index in [2.05, 4.69) is 12.2 Å². The minimum atomic E-state index is -0.220. The fraction of sp³-hybridized carbons (Fsp3) is 0.500. The Morgan fingerprint density at radius 1 is 1.47 bits per heavy atom. The van der Waals surface area contributed by atoms with E-state index in [1.165, 1.54) is 12.1 Å². The van der Waals surface area contributed by atoms with Gasteiger partial charge in [0.25, 0.3) is 0 Å². The zero-order valence-electron chi connectivity index (χ0n) is 9.29. The molecule has 0 amide bonds. The first-order valence-corrected chi connectivity index (χ1v) is 5.33. The van der Waals surface area contributed by atoms with Crippen LogP contribution in [0.1, 0.15) is 20.3 Å². The third-order valence-corrected chi connectivity index (χ3v) is 2.23. The van der Waals surface area contributed by atoms with Crippen LogP contribution in [0.15, 0.2) is 24.3 Å². The molecule has 0 radical (unpaired) electrons. The number of nitrogens with one attached hydrogen (secondary N) is 1. The summed E-state index contributed by atoms with van der Waals surface area (Å²) in [5, 5.41) is 3.10. The monoisotopic (exact) mass is 211 g/mol. The molecule has 0 spiro atoms. The van der Waals surface area contributed by atoms with E-state index in [1.807, 2.05) is 13.0 Å². The second-order valence-corrected chi connectivity index (χ2v) is 3.53. The Morgan fingerprint density at radius 2 is 2.27 bits per heavy atom. The van der Waals surface area contributed by atoms with Gasteiger partial charge in [0.2, 0.25) is 0 Å². The maximum absolute atomic E-state index is 12.8. The van der Waals surface area contributed by atoms with Crippen LogP contribution in [0.4, 0.5) is 10.1 Å². The number of rotatable bonds is 6. The molecule has 0 aliphatic carbocycles. The maximum atomic E-state index is 12.8. The van der Waals surface area contributed by atoms with Gasteiger partial charge in [0.15, 0.2) is 0 Å². The van der Waals surface area contributed by atoms with Crippen LogP contribution in [0.3, 0.4) is 0 Å². The lowest BCUT2D eigenvalue weighted by molar-refractivity contribution is 0.0713. The topological polar surface area (TPSA) is 21.3 Å². The number of ether oxygens (including phenoxy) is 1. The fourth-order valence-electron chi connectivity index (χ4n) is 1.17. The molecule has 0 saturated carbocycles. The van der Waals surface area contributed by atoms with Crippen LogP contribution in [0.5, 0.6) is 0 Å². The SMILES string of the molecule is CCC(C)OCCNc1cccc(F)c1. The molecular weight excluding hydrogens is 193 g/mol. The lowest BCUT2D eigenvalue weighted by Crippen LogP contribution is -2.14. The molecule has 3 heteroatoms. The van der Waals surface area contributed by atoms with Gasteiger partial charge in [-0.05, 0) is 31.5 Å². The highest BCUT2D eigenvalue weighted by atomic mass is 19.1. The van der Waals surface area contributed by atoms with Crippen molar-refractivity contribution in [2.75, 3.05) is 18.5 Å². The molecule has 0 aromatic heterocycles. The summed E-state index contributed by atoms with van der Waals surface area (Å²) in [5.41, 5.74) is 0.794. The first-order chi connectivity index (χ1) is 7.22. The highest BCUT2D eigenvalue weighted by Crippen LogP contribution is 2.08. The maximum Gasteiger partial charge on any atom is 0.125 e. The Kier molecular flexibility index (Phi) is 5.12. The van der Waals surface area contributed by atoms with Gasteiger partial charge in [0.1, 0.15) is 5.82 Å². The van der Waals surface area contributed by atoms with E-state index in [9.17, 15) is 4.39 Å². The van der Waals surface area contributed by atoms with Crippen molar-refractivity contribution in [3.8, 4) is 0 Å². The lowest BCUT2D eigenvalue weighted by atomic mass is 10.3. The van der Waals surface area contributed by atoms with Gasteiger partial charge in [0, 0.05) is 12.2 Å². The standard InChI is InChI=1S/C12H18FNO/c1-3-10(2)15-8-7-14-12-6-4-5-11(13)9-12/h4-6,9-10,14H,3,7-8H2,1-2H3. The Morgan fingerprint density at radius 3 is 2.93 bits per heavy atom. The number of hydrogen-bond acceptors (Lipinski definition) is 2. The summed E-state index contributed by atoms with van der Waals surface area (Å²) in [4.78, 5) is 0. The Balaban J connectivity index is 2.20. The van der Waals surface area contributed by atoms with E-state index in [1.54, 1.807) is 6.07 Å². The van der Waals surface area contributed by atoms with Crippen molar-refractivity contribution in [2.24, 2.45) is 0 Å². The highest BCUT2D eigenvalue weighted by molar-refractivity contribution is 5.42. The average Bonchev–Trinajstić information content (AvgIpc) is 2.24. The molecule has 1 aromatic rings. The molecule has 1 atom stereocenters. The number of hydrogen-bond donors (Lipinski definition) is 1. The third kappa shape index (κ3) is 4.79. The molecule has 1 unspecified atom stereocenters. The third-order valence-electron chi connectivity index (χ3n) is 2.23. The number of halogens is 1. The molecule has 2 nitrogen and oxygen atoms in total. The molecule has 84 valence electrons. The van der Waals surface area contributed by atoms with Crippen molar-refractivity contribution in [1.29, 1.82) is 0 Å². The Hall–Kier alpha value is -1.09. The lowest BCUT2D eigenvalue weighted by Gasteiger charge is -2.11. The van der Waals surface area contributed by atoms with Crippen LogP contribution in [-0.4, -0.2) is 19.3 Å². The van der Waals surface area contributed by atoms with E-state index in [-0.39, 0.29) is 5.82 Å². The van der Waals surface area contributed by atoms with Gasteiger partial charge in [-0.25, -0.2) is 4.39 Å². The molecule has 15 heavy (non-hydrogen) atoms. The van der Waals surface area contributed by atoms with Crippen molar-refractivity contribution in [2.45, 2.75) is 26.4 Å². The van der Waals surface area contributed by atoms with E-state index < -0.39 is 0 Å². The minimum Gasteiger partial charge on any atom is -0.383 e. The summed E-state index contributed by atoms with van der Waals surface area (Å²) in [5.74, 6) is -0.220. The van der Waals surface area contributed by atoms with Gasteiger partial charge in [-0.2, -0.15) is 0 Å². The minimum absolute atomic E-state index is 0.220. The molecule has 0 bridgehead atoms. The van der Waals surface area contributed by atoms with E-state index >= 15 is 0 Å². The average molecular weight is 211 g/mol. The van der Waals surface area contributed by atoms with Crippen LogP contribution in [0, 0.1) is 5.82 Å². The molecule has 0 aliphatic rings. The first kappa shape index (κ1) is 12.0. The van der Waals surface area contributed by atoms with Crippen molar-refractivity contribution in [3.05, 3.63) is 30.1 Å². The summed E-state index contributed by atoms with van der Waals surface area (Å²) in [7, 11) is 0. The zero-order chi connectivity index (χ0) is 11.1. The molecule has 1 N–H and O–H groups in total. The van der Waals surface area contributed by atoms with Crippen LogP contribution in [-0.2, 0) is 4.74 Å². The molecule has 0 aliphatic heterocycles. The van der Waals surface area contributed by atoms with Crippen LogP contribution in [0.25, 0.3) is 0 Å². The van der Waals surface area contributed by atoms with Crippen molar-refractivity contribution in [1.82, 2.24) is 0 Å². The van der Waals surface area contributed by atoms with Crippen molar-refractivity contribution < 1.29 is 9.13 Å². The Labute approximate surface area is 90.4 Å². The quantitative estimate of drug-likeness (QED) is 0.730. The molecule has 1 rings (SSSR count). The van der Waals surface area contributed by atoms with E-state index in [0.717, 1.165) is 12.1 Å². The summed E-state index contributed by atoms with van der Waals surface area (Å²) in [6, 6.07) is 6.43. The predicted molar refractivity (Wildman–Crippen MR) is 60.6 cm³/mol. The molecule has 0 fully saturated rings. The largest absolute Gasteiger partial charge is 0.383 e. The van der Waals surface area contributed by atoms with E-state index in [0.29, 0.717) is 19.3 Å². The Bertz CT molecular complexity index is 291. The second-order valence-electron chi connectivity index (χ2n) is 3.53. The smallest absolute Gasteiger partial charge is 0.125 e. The van der Waals surface area contributed by atoms with Crippen LogP contribution in [0.2, 0.25) is 0 Å².